The monoisotopic (exact) mass is 675 g/mol. The molecule has 0 aliphatic carbocycles. The van der Waals surface area contributed by atoms with E-state index in [1.807, 2.05) is 60.7 Å². The molecule has 0 N–H and O–H groups in total. The van der Waals surface area contributed by atoms with Crippen LogP contribution in [-0.4, -0.2) is 19.5 Å². The van der Waals surface area contributed by atoms with Gasteiger partial charge in [-0.05, 0) is 48.5 Å². The first-order valence-corrected chi connectivity index (χ1v) is 17.4. The van der Waals surface area contributed by atoms with Gasteiger partial charge < -0.3 is 8.98 Å². The molecule has 0 bridgehead atoms. The summed E-state index contributed by atoms with van der Waals surface area (Å²) in [6.45, 7) is 0. The summed E-state index contributed by atoms with van der Waals surface area (Å²) in [5.74, 6) is 0.589. The molecule has 0 spiro atoms. The van der Waals surface area contributed by atoms with E-state index in [9.17, 15) is 0 Å². The molecule has 0 fully saturated rings. The SMILES string of the molecule is [2H]c1c([2H])c([2H])c(-c2nc(-c3cccc4c3sc3ccccc34)nc(-c3cccc4oc5ccc(-n6c7ccccc7c7ccccc76)cc5c34)n2)c([2H])c1[2H]. The fourth-order valence-electron chi connectivity index (χ4n) is 7.35. The van der Waals surface area contributed by atoms with Crippen molar-refractivity contribution in [2.24, 2.45) is 0 Å². The van der Waals surface area contributed by atoms with Crippen LogP contribution in [0.15, 0.2) is 162 Å². The third-order valence-electron chi connectivity index (χ3n) is 9.56. The van der Waals surface area contributed by atoms with Crippen molar-refractivity contribution >= 4 is 75.3 Å². The molecule has 11 rings (SSSR count). The zero-order chi connectivity index (χ0) is 37.8. The maximum atomic E-state index is 8.86. The summed E-state index contributed by atoms with van der Waals surface area (Å²) < 4.78 is 53.7. The van der Waals surface area contributed by atoms with E-state index in [0.717, 1.165) is 64.0 Å². The van der Waals surface area contributed by atoms with Crippen molar-refractivity contribution in [2.75, 3.05) is 0 Å². The second-order valence-electron chi connectivity index (χ2n) is 12.4. The standard InChI is InChI=1S/C45H26N4OS/c1-2-12-27(13-3-1)43-46-44(48-45(47-43)34-19-10-17-32-31-16-6-9-23-40(31)51-42(32)34)33-18-11-22-39-41(33)35-26-28(24-25-38(35)50-39)49-36-20-7-4-14-29(36)30-15-5-8-21-37(30)49/h1-26H/i1D,2D,3D,12D,13D. The van der Waals surface area contributed by atoms with Gasteiger partial charge in [0.05, 0.1) is 17.9 Å². The van der Waals surface area contributed by atoms with Gasteiger partial charge >= 0.3 is 0 Å². The highest BCUT2D eigenvalue weighted by molar-refractivity contribution is 7.26. The molecule has 5 nitrogen and oxygen atoms in total. The van der Waals surface area contributed by atoms with E-state index >= 15 is 0 Å². The molecule has 11 aromatic rings. The maximum Gasteiger partial charge on any atom is 0.165 e. The Kier molecular flexibility index (Phi) is 5.08. The van der Waals surface area contributed by atoms with Gasteiger partial charge in [0.2, 0.25) is 0 Å². The molecule has 238 valence electrons. The molecule has 0 saturated heterocycles. The Morgan fingerprint density at radius 1 is 0.529 bits per heavy atom. The molecule has 4 aromatic heterocycles. The van der Waals surface area contributed by atoms with Gasteiger partial charge in [-0.25, -0.2) is 15.0 Å². The lowest BCUT2D eigenvalue weighted by Gasteiger charge is -2.10. The number of hydrogen-bond acceptors (Lipinski definition) is 5. The molecule has 0 radical (unpaired) electrons. The van der Waals surface area contributed by atoms with E-state index in [1.54, 1.807) is 11.3 Å². The summed E-state index contributed by atoms with van der Waals surface area (Å²) in [4.78, 5) is 14.9. The van der Waals surface area contributed by atoms with E-state index in [4.69, 9.17) is 26.2 Å². The molecule has 0 amide bonds. The second kappa shape index (κ2) is 10.9. The Morgan fingerprint density at radius 3 is 1.98 bits per heavy atom. The lowest BCUT2D eigenvalue weighted by molar-refractivity contribution is 0.669. The third kappa shape index (κ3) is 4.30. The van der Waals surface area contributed by atoms with Gasteiger partial charge in [0.15, 0.2) is 17.5 Å². The zero-order valence-electron chi connectivity index (χ0n) is 31.7. The minimum absolute atomic E-state index is 0.0177. The Balaban J connectivity index is 1.20. The fourth-order valence-corrected chi connectivity index (χ4v) is 8.57. The number of aromatic nitrogens is 4. The van der Waals surface area contributed by atoms with E-state index in [2.05, 4.69) is 71.3 Å². The van der Waals surface area contributed by atoms with Crippen LogP contribution in [0.2, 0.25) is 0 Å². The van der Waals surface area contributed by atoms with Crippen molar-refractivity contribution < 1.29 is 11.3 Å². The number of thiophene rings is 1. The van der Waals surface area contributed by atoms with Crippen molar-refractivity contribution in [3.8, 4) is 39.9 Å². The van der Waals surface area contributed by atoms with Crippen LogP contribution in [0.1, 0.15) is 6.85 Å². The van der Waals surface area contributed by atoms with Gasteiger partial charge in [-0.2, -0.15) is 0 Å². The molecule has 7 aromatic carbocycles. The van der Waals surface area contributed by atoms with Crippen molar-refractivity contribution in [2.45, 2.75) is 0 Å². The zero-order valence-corrected chi connectivity index (χ0v) is 27.5. The minimum atomic E-state index is -0.484. The Hall–Kier alpha value is -6.63. The smallest absolute Gasteiger partial charge is 0.165 e. The summed E-state index contributed by atoms with van der Waals surface area (Å²) >= 11 is 1.63. The lowest BCUT2D eigenvalue weighted by Crippen LogP contribution is -2.00. The average molecular weight is 676 g/mol. The number of nitrogens with zero attached hydrogens (tertiary/aromatic N) is 4. The van der Waals surface area contributed by atoms with Gasteiger partial charge in [-0.15, -0.1) is 11.3 Å². The quantitative estimate of drug-likeness (QED) is 0.186. The second-order valence-corrected chi connectivity index (χ2v) is 13.5. The largest absolute Gasteiger partial charge is 0.456 e. The van der Waals surface area contributed by atoms with Crippen LogP contribution in [0.4, 0.5) is 0 Å². The average Bonchev–Trinajstić information content (AvgIpc) is 3.91. The lowest BCUT2D eigenvalue weighted by atomic mass is 10.0. The molecule has 51 heavy (non-hydrogen) atoms. The summed E-state index contributed by atoms with van der Waals surface area (Å²) in [5.41, 5.74) is 5.76. The number of para-hydroxylation sites is 2. The van der Waals surface area contributed by atoms with Crippen LogP contribution in [0.25, 0.3) is 104 Å². The Bertz CT molecular complexity index is 3380. The van der Waals surface area contributed by atoms with Crippen LogP contribution in [0.3, 0.4) is 0 Å². The van der Waals surface area contributed by atoms with E-state index in [0.29, 0.717) is 22.6 Å². The van der Waals surface area contributed by atoms with Crippen LogP contribution >= 0.6 is 11.3 Å². The van der Waals surface area contributed by atoms with Gasteiger partial charge in [-0.1, -0.05) is 109 Å². The Morgan fingerprint density at radius 2 is 1.18 bits per heavy atom. The third-order valence-corrected chi connectivity index (χ3v) is 10.8. The molecule has 4 heterocycles. The molecule has 0 atom stereocenters. The molecular weight excluding hydrogens is 645 g/mol. The van der Waals surface area contributed by atoms with Crippen molar-refractivity contribution in [3.63, 3.8) is 0 Å². The molecule has 0 aliphatic rings. The maximum absolute atomic E-state index is 8.86. The van der Waals surface area contributed by atoms with Crippen LogP contribution in [-0.2, 0) is 0 Å². The predicted octanol–water partition coefficient (Wildman–Crippen LogP) is 12.2. The van der Waals surface area contributed by atoms with Crippen LogP contribution in [0, 0.1) is 0 Å². The summed E-state index contributed by atoms with van der Waals surface area (Å²) in [7, 11) is 0. The number of hydrogen-bond donors (Lipinski definition) is 0. The first kappa shape index (κ1) is 23.7. The first-order valence-electron chi connectivity index (χ1n) is 19.0. The van der Waals surface area contributed by atoms with Gasteiger partial charge in [0, 0.05) is 64.1 Å². The van der Waals surface area contributed by atoms with Gasteiger partial charge in [0.1, 0.15) is 11.2 Å². The molecule has 0 aliphatic heterocycles. The van der Waals surface area contributed by atoms with Crippen molar-refractivity contribution in [1.82, 2.24) is 19.5 Å². The highest BCUT2D eigenvalue weighted by Crippen LogP contribution is 2.42. The van der Waals surface area contributed by atoms with Gasteiger partial charge in [-0.3, -0.25) is 0 Å². The van der Waals surface area contributed by atoms with E-state index < -0.39 is 18.1 Å². The van der Waals surface area contributed by atoms with Crippen LogP contribution < -0.4 is 0 Å². The number of benzene rings is 7. The highest BCUT2D eigenvalue weighted by Gasteiger charge is 2.21. The van der Waals surface area contributed by atoms with Crippen molar-refractivity contribution in [1.29, 1.82) is 0 Å². The number of furan rings is 1. The topological polar surface area (TPSA) is 56.7 Å². The normalized spacial score (nSPS) is 13.3. The molecule has 6 heteroatoms. The molecule has 0 unspecified atom stereocenters. The number of fused-ring (bicyclic) bond motifs is 9. The van der Waals surface area contributed by atoms with Crippen LogP contribution in [0.5, 0.6) is 0 Å². The highest BCUT2D eigenvalue weighted by atomic mass is 32.1. The fraction of sp³-hybridized carbons (Fsp3) is 0. The van der Waals surface area contributed by atoms with E-state index in [-0.39, 0.29) is 29.3 Å². The van der Waals surface area contributed by atoms with Gasteiger partial charge in [0.25, 0.3) is 0 Å². The summed E-state index contributed by atoms with van der Waals surface area (Å²) in [5, 5.41) is 6.13. The summed E-state index contributed by atoms with van der Waals surface area (Å²) in [6, 6.07) is 40.6. The number of rotatable bonds is 4. The predicted molar refractivity (Wildman–Crippen MR) is 211 cm³/mol. The molecule has 0 saturated carbocycles. The first-order chi connectivity index (χ1) is 27.4. The van der Waals surface area contributed by atoms with E-state index in [1.165, 1.54) is 0 Å². The minimum Gasteiger partial charge on any atom is -0.456 e. The van der Waals surface area contributed by atoms with Crippen molar-refractivity contribution in [3.05, 3.63) is 158 Å². The molecular formula is C45H26N4OS. The summed E-state index contributed by atoms with van der Waals surface area (Å²) in [6.07, 6.45) is 0. The Labute approximate surface area is 302 Å².